The highest BCUT2D eigenvalue weighted by atomic mass is 35.5. The largest absolute Gasteiger partial charge is 0.490 e. The van der Waals surface area contributed by atoms with E-state index in [1.807, 2.05) is 30.3 Å². The lowest BCUT2D eigenvalue weighted by atomic mass is 9.99. The van der Waals surface area contributed by atoms with Crippen molar-refractivity contribution in [2.24, 2.45) is 0 Å². The summed E-state index contributed by atoms with van der Waals surface area (Å²) in [6.45, 7) is 4.71. The molecule has 3 heteroatoms. The molecule has 3 rings (SSSR count). The monoisotopic (exact) mass is 382 g/mol. The average molecular weight is 383 g/mol. The number of halogens is 2. The highest BCUT2D eigenvalue weighted by Crippen LogP contribution is 2.35. The van der Waals surface area contributed by atoms with E-state index in [-0.39, 0.29) is 10.8 Å². The average Bonchev–Trinajstić information content (AvgIpc) is 2.72. The summed E-state index contributed by atoms with van der Waals surface area (Å²) < 4.78 is 20.0. The number of ether oxygens (including phenoxy) is 1. The second-order valence-electron chi connectivity index (χ2n) is 6.57. The molecule has 0 bridgehead atoms. The fourth-order valence-electron chi connectivity index (χ4n) is 2.97. The Kier molecular flexibility index (Phi) is 6.52. The fourth-order valence-corrected chi connectivity index (χ4v) is 3.23. The Balaban J connectivity index is 1.83. The molecular formula is C24H24ClFO. The highest BCUT2D eigenvalue weighted by Gasteiger charge is 2.14. The Bertz CT molecular complexity index is 886. The summed E-state index contributed by atoms with van der Waals surface area (Å²) in [5.74, 6) is -0.283. The van der Waals surface area contributed by atoms with E-state index >= 15 is 0 Å². The molecule has 0 aliphatic rings. The molecule has 3 aromatic rings. The van der Waals surface area contributed by atoms with Crippen LogP contribution in [0.5, 0.6) is 5.75 Å². The van der Waals surface area contributed by atoms with Crippen molar-refractivity contribution >= 4 is 11.6 Å². The van der Waals surface area contributed by atoms with E-state index in [1.165, 1.54) is 5.56 Å². The van der Waals surface area contributed by atoms with Gasteiger partial charge in [0.2, 0.25) is 0 Å². The van der Waals surface area contributed by atoms with E-state index < -0.39 is 5.82 Å². The molecule has 0 spiro atoms. The van der Waals surface area contributed by atoms with Gasteiger partial charge in [-0.3, -0.25) is 0 Å². The number of rotatable bonds is 7. The summed E-state index contributed by atoms with van der Waals surface area (Å²) in [4.78, 5) is 0. The Hall–Kier alpha value is -2.32. The minimum Gasteiger partial charge on any atom is -0.490 e. The molecule has 0 heterocycles. The molecule has 140 valence electrons. The first-order valence-electron chi connectivity index (χ1n) is 9.44. The molecule has 0 amide bonds. The molecule has 0 aliphatic heterocycles. The standard InChI is InChI=1S/C24H24ClFO/c1-3-5-16-27-22-15-14-21(23(25)24(22)26)20-12-10-19(11-13-20)18-8-6-17(4-2)7-9-18/h6-15H,3-5,16H2,1-2H3. The molecule has 3 aromatic carbocycles. The lowest BCUT2D eigenvalue weighted by Gasteiger charge is -2.12. The summed E-state index contributed by atoms with van der Waals surface area (Å²) in [7, 11) is 0. The highest BCUT2D eigenvalue weighted by molar-refractivity contribution is 6.33. The van der Waals surface area contributed by atoms with Gasteiger partial charge in [-0.1, -0.05) is 80.4 Å². The van der Waals surface area contributed by atoms with Crippen LogP contribution in [0.3, 0.4) is 0 Å². The zero-order valence-corrected chi connectivity index (χ0v) is 16.5. The molecule has 0 saturated carbocycles. The third kappa shape index (κ3) is 4.51. The first-order chi connectivity index (χ1) is 13.1. The third-order valence-corrected chi connectivity index (χ3v) is 5.06. The first kappa shape index (κ1) is 19.4. The second-order valence-corrected chi connectivity index (χ2v) is 6.95. The summed E-state index contributed by atoms with van der Waals surface area (Å²) >= 11 is 6.28. The Morgan fingerprint density at radius 1 is 0.815 bits per heavy atom. The van der Waals surface area contributed by atoms with Crippen molar-refractivity contribution in [2.45, 2.75) is 33.1 Å². The topological polar surface area (TPSA) is 9.23 Å². The molecule has 1 nitrogen and oxygen atoms in total. The van der Waals surface area contributed by atoms with E-state index in [4.69, 9.17) is 16.3 Å². The van der Waals surface area contributed by atoms with Crippen LogP contribution < -0.4 is 4.74 Å². The van der Waals surface area contributed by atoms with Gasteiger partial charge in [0.15, 0.2) is 11.6 Å². The van der Waals surface area contributed by atoms with Crippen LogP contribution in [0.4, 0.5) is 4.39 Å². The van der Waals surface area contributed by atoms with E-state index in [1.54, 1.807) is 6.07 Å². The van der Waals surface area contributed by atoms with Gasteiger partial charge in [-0.05, 0) is 47.2 Å². The van der Waals surface area contributed by atoms with Crippen LogP contribution >= 0.6 is 11.6 Å². The normalized spacial score (nSPS) is 10.8. The van der Waals surface area contributed by atoms with Gasteiger partial charge in [-0.25, -0.2) is 4.39 Å². The number of benzene rings is 3. The van der Waals surface area contributed by atoms with E-state index in [0.717, 1.165) is 36.0 Å². The van der Waals surface area contributed by atoms with E-state index in [2.05, 4.69) is 38.1 Å². The maximum atomic E-state index is 14.5. The zero-order chi connectivity index (χ0) is 19.2. The smallest absolute Gasteiger partial charge is 0.184 e. The Morgan fingerprint density at radius 2 is 1.41 bits per heavy atom. The molecule has 0 atom stereocenters. The third-order valence-electron chi connectivity index (χ3n) is 4.69. The van der Waals surface area contributed by atoms with Crippen molar-refractivity contribution < 1.29 is 9.13 Å². The zero-order valence-electron chi connectivity index (χ0n) is 15.8. The molecule has 0 N–H and O–H groups in total. The van der Waals surface area contributed by atoms with Crippen molar-refractivity contribution in [3.63, 3.8) is 0 Å². The van der Waals surface area contributed by atoms with Crippen molar-refractivity contribution in [1.29, 1.82) is 0 Å². The molecular weight excluding hydrogens is 359 g/mol. The molecule has 0 unspecified atom stereocenters. The minimum absolute atomic E-state index is 0.101. The second kappa shape index (κ2) is 9.05. The predicted octanol–water partition coefficient (Wildman–Crippen LogP) is 7.55. The van der Waals surface area contributed by atoms with Crippen LogP contribution in [0.25, 0.3) is 22.3 Å². The fraction of sp³-hybridized carbons (Fsp3) is 0.250. The number of unbranched alkanes of at least 4 members (excludes halogenated alkanes) is 1. The molecule has 0 aliphatic carbocycles. The molecule has 0 aromatic heterocycles. The van der Waals surface area contributed by atoms with Gasteiger partial charge < -0.3 is 4.74 Å². The number of hydrogen-bond acceptors (Lipinski definition) is 1. The maximum Gasteiger partial charge on any atom is 0.184 e. The van der Waals surface area contributed by atoms with Crippen LogP contribution in [0.1, 0.15) is 32.3 Å². The van der Waals surface area contributed by atoms with Crippen LogP contribution in [-0.2, 0) is 6.42 Å². The van der Waals surface area contributed by atoms with Gasteiger partial charge in [0.1, 0.15) is 0 Å². The SMILES string of the molecule is CCCCOc1ccc(-c2ccc(-c3ccc(CC)cc3)cc2)c(Cl)c1F. The maximum absolute atomic E-state index is 14.5. The molecule has 0 saturated heterocycles. The van der Waals surface area contributed by atoms with Crippen LogP contribution in [0, 0.1) is 5.82 Å². The van der Waals surface area contributed by atoms with Crippen LogP contribution in [0.15, 0.2) is 60.7 Å². The van der Waals surface area contributed by atoms with Gasteiger partial charge in [-0.15, -0.1) is 0 Å². The lowest BCUT2D eigenvalue weighted by molar-refractivity contribution is 0.294. The summed E-state index contributed by atoms with van der Waals surface area (Å²) in [5.41, 5.74) is 5.16. The van der Waals surface area contributed by atoms with Crippen molar-refractivity contribution in [3.8, 4) is 28.0 Å². The van der Waals surface area contributed by atoms with Crippen molar-refractivity contribution in [2.75, 3.05) is 6.61 Å². The predicted molar refractivity (Wildman–Crippen MR) is 112 cm³/mol. The van der Waals surface area contributed by atoms with E-state index in [9.17, 15) is 4.39 Å². The Morgan fingerprint density at radius 3 is 2.00 bits per heavy atom. The molecule has 0 radical (unpaired) electrons. The Labute approximate surface area is 165 Å². The van der Waals surface area contributed by atoms with Crippen molar-refractivity contribution in [3.05, 3.63) is 77.1 Å². The number of hydrogen-bond donors (Lipinski definition) is 0. The summed E-state index contributed by atoms with van der Waals surface area (Å²) in [5, 5.41) is 0.101. The molecule has 27 heavy (non-hydrogen) atoms. The van der Waals surface area contributed by atoms with Crippen LogP contribution in [-0.4, -0.2) is 6.61 Å². The number of aryl methyl sites for hydroxylation is 1. The van der Waals surface area contributed by atoms with Gasteiger partial charge in [0.05, 0.1) is 11.6 Å². The van der Waals surface area contributed by atoms with Gasteiger partial charge in [-0.2, -0.15) is 0 Å². The quantitative estimate of drug-likeness (QED) is 0.383. The lowest BCUT2D eigenvalue weighted by Crippen LogP contribution is -1.99. The van der Waals surface area contributed by atoms with Gasteiger partial charge in [0, 0.05) is 5.56 Å². The first-order valence-corrected chi connectivity index (χ1v) is 9.82. The van der Waals surface area contributed by atoms with Crippen LogP contribution in [0.2, 0.25) is 5.02 Å². The van der Waals surface area contributed by atoms with Gasteiger partial charge >= 0.3 is 0 Å². The van der Waals surface area contributed by atoms with E-state index in [0.29, 0.717) is 12.2 Å². The molecule has 0 fully saturated rings. The minimum atomic E-state index is -0.496. The van der Waals surface area contributed by atoms with Crippen molar-refractivity contribution in [1.82, 2.24) is 0 Å². The summed E-state index contributed by atoms with van der Waals surface area (Å²) in [6.07, 6.45) is 2.92. The van der Waals surface area contributed by atoms with Gasteiger partial charge in [0.25, 0.3) is 0 Å². The summed E-state index contributed by atoms with van der Waals surface area (Å²) in [6, 6.07) is 20.0.